The number of aromatic nitrogens is 2. The number of carbonyl (C=O) groups is 1. The highest BCUT2D eigenvalue weighted by molar-refractivity contribution is 9.10. The normalized spacial score (nSPS) is 12.8. The lowest BCUT2D eigenvalue weighted by atomic mass is 10.2. The van der Waals surface area contributed by atoms with Crippen LogP contribution >= 0.6 is 15.9 Å². The van der Waals surface area contributed by atoms with E-state index in [-0.39, 0.29) is 0 Å². The van der Waals surface area contributed by atoms with Crippen LogP contribution in [-0.2, 0) is 4.74 Å². The standard InChI is InChI=1S/C15H18BrN3O3/c1-9(17-14(20)21-15(2,3)4)12-18-13(22-19-12)10-7-5-6-8-11(10)16/h5-9H,1-4H3,(H,17,20)/t9-/m0/s1. The monoisotopic (exact) mass is 367 g/mol. The first-order valence-electron chi connectivity index (χ1n) is 6.84. The summed E-state index contributed by atoms with van der Waals surface area (Å²) in [4.78, 5) is 16.1. The molecule has 1 heterocycles. The molecule has 0 saturated carbocycles. The van der Waals surface area contributed by atoms with E-state index in [0.29, 0.717) is 11.7 Å². The van der Waals surface area contributed by atoms with Crippen molar-refractivity contribution >= 4 is 22.0 Å². The maximum Gasteiger partial charge on any atom is 0.408 e. The quantitative estimate of drug-likeness (QED) is 0.883. The van der Waals surface area contributed by atoms with Crippen LogP contribution in [0.25, 0.3) is 11.5 Å². The van der Waals surface area contributed by atoms with Gasteiger partial charge in [-0.1, -0.05) is 17.3 Å². The Morgan fingerprint density at radius 3 is 2.68 bits per heavy atom. The second-order valence-electron chi connectivity index (χ2n) is 5.81. The van der Waals surface area contributed by atoms with Gasteiger partial charge in [0.15, 0.2) is 5.82 Å². The number of benzene rings is 1. The third-order valence-corrected chi connectivity index (χ3v) is 3.36. The zero-order valence-corrected chi connectivity index (χ0v) is 14.5. The van der Waals surface area contributed by atoms with E-state index in [0.717, 1.165) is 10.0 Å². The summed E-state index contributed by atoms with van der Waals surface area (Å²) in [5, 5.41) is 6.58. The summed E-state index contributed by atoms with van der Waals surface area (Å²) in [5.74, 6) is 0.775. The van der Waals surface area contributed by atoms with Gasteiger partial charge in [0.25, 0.3) is 5.89 Å². The zero-order chi connectivity index (χ0) is 16.3. The molecule has 0 bridgehead atoms. The van der Waals surface area contributed by atoms with E-state index < -0.39 is 17.7 Å². The highest BCUT2D eigenvalue weighted by atomic mass is 79.9. The van der Waals surface area contributed by atoms with Crippen LogP contribution in [0, 0.1) is 0 Å². The first kappa shape index (κ1) is 16.5. The van der Waals surface area contributed by atoms with Gasteiger partial charge < -0.3 is 14.6 Å². The van der Waals surface area contributed by atoms with Gasteiger partial charge in [-0.15, -0.1) is 0 Å². The molecule has 0 aliphatic carbocycles. The molecule has 0 unspecified atom stereocenters. The number of nitrogens with zero attached hydrogens (tertiary/aromatic N) is 2. The predicted molar refractivity (Wildman–Crippen MR) is 85.2 cm³/mol. The Hall–Kier alpha value is -1.89. The molecule has 1 aromatic carbocycles. The van der Waals surface area contributed by atoms with E-state index in [1.807, 2.05) is 24.3 Å². The van der Waals surface area contributed by atoms with Gasteiger partial charge in [0.2, 0.25) is 0 Å². The van der Waals surface area contributed by atoms with Crippen LogP contribution in [0.2, 0.25) is 0 Å². The molecule has 0 saturated heterocycles. The lowest BCUT2D eigenvalue weighted by Crippen LogP contribution is -2.34. The van der Waals surface area contributed by atoms with E-state index in [1.165, 1.54) is 0 Å². The smallest absolute Gasteiger partial charge is 0.408 e. The fourth-order valence-electron chi connectivity index (χ4n) is 1.70. The molecule has 6 nitrogen and oxygen atoms in total. The lowest BCUT2D eigenvalue weighted by molar-refractivity contribution is 0.0505. The van der Waals surface area contributed by atoms with Crippen molar-refractivity contribution in [2.75, 3.05) is 0 Å². The lowest BCUT2D eigenvalue weighted by Gasteiger charge is -2.20. The van der Waals surface area contributed by atoms with Crippen LogP contribution in [-0.4, -0.2) is 21.8 Å². The number of hydrogen-bond acceptors (Lipinski definition) is 5. The van der Waals surface area contributed by atoms with E-state index in [1.54, 1.807) is 27.7 Å². The molecule has 0 radical (unpaired) electrons. The minimum absolute atomic E-state index is 0.386. The molecule has 1 aromatic heterocycles. The number of carbonyl (C=O) groups excluding carboxylic acids is 1. The van der Waals surface area contributed by atoms with Gasteiger partial charge in [0.05, 0.1) is 11.6 Å². The van der Waals surface area contributed by atoms with Crippen molar-refractivity contribution < 1.29 is 14.1 Å². The molecule has 0 aliphatic heterocycles. The topological polar surface area (TPSA) is 77.2 Å². The molecule has 22 heavy (non-hydrogen) atoms. The van der Waals surface area contributed by atoms with Crippen molar-refractivity contribution in [3.05, 3.63) is 34.6 Å². The molecule has 1 atom stereocenters. The highest BCUT2D eigenvalue weighted by Crippen LogP contribution is 2.27. The maximum absolute atomic E-state index is 11.7. The van der Waals surface area contributed by atoms with Gasteiger partial charge in [0.1, 0.15) is 5.60 Å². The Morgan fingerprint density at radius 1 is 1.36 bits per heavy atom. The molecule has 1 N–H and O–H groups in total. The first-order chi connectivity index (χ1) is 10.3. The Labute approximate surface area is 137 Å². The molecule has 0 aliphatic rings. The third-order valence-electron chi connectivity index (χ3n) is 2.67. The predicted octanol–water partition coefficient (Wildman–Crippen LogP) is 4.08. The fourth-order valence-corrected chi connectivity index (χ4v) is 2.16. The summed E-state index contributed by atoms with van der Waals surface area (Å²) in [6, 6.07) is 7.12. The number of nitrogens with one attached hydrogen (secondary N) is 1. The second-order valence-corrected chi connectivity index (χ2v) is 6.66. The van der Waals surface area contributed by atoms with Crippen LogP contribution in [0.1, 0.15) is 39.6 Å². The Bertz CT molecular complexity index is 664. The Morgan fingerprint density at radius 2 is 2.05 bits per heavy atom. The van der Waals surface area contributed by atoms with E-state index in [9.17, 15) is 4.79 Å². The van der Waals surface area contributed by atoms with Crippen LogP contribution in [0.4, 0.5) is 4.79 Å². The van der Waals surface area contributed by atoms with Crippen LogP contribution < -0.4 is 5.32 Å². The summed E-state index contributed by atoms with van der Waals surface area (Å²) in [7, 11) is 0. The molecule has 7 heteroatoms. The maximum atomic E-state index is 11.7. The third kappa shape index (κ3) is 4.30. The number of amides is 1. The van der Waals surface area contributed by atoms with E-state index in [4.69, 9.17) is 9.26 Å². The summed E-state index contributed by atoms with van der Waals surface area (Å²) in [5.41, 5.74) is 0.243. The number of alkyl carbamates (subject to hydrolysis) is 1. The number of ether oxygens (including phenoxy) is 1. The fraction of sp³-hybridized carbons (Fsp3) is 0.400. The van der Waals surface area contributed by atoms with Gasteiger partial charge in [-0.3, -0.25) is 0 Å². The molecule has 2 aromatic rings. The number of hydrogen-bond donors (Lipinski definition) is 1. The van der Waals surface area contributed by atoms with Gasteiger partial charge >= 0.3 is 6.09 Å². The molecule has 0 fully saturated rings. The summed E-state index contributed by atoms with van der Waals surface area (Å²) in [6.45, 7) is 7.17. The van der Waals surface area contributed by atoms with Gasteiger partial charge in [-0.25, -0.2) is 4.79 Å². The largest absolute Gasteiger partial charge is 0.444 e. The molecule has 118 valence electrons. The van der Waals surface area contributed by atoms with Crippen molar-refractivity contribution in [2.24, 2.45) is 0 Å². The minimum Gasteiger partial charge on any atom is -0.444 e. The van der Waals surface area contributed by atoms with E-state index in [2.05, 4.69) is 31.4 Å². The van der Waals surface area contributed by atoms with Gasteiger partial charge in [-0.05, 0) is 55.8 Å². The van der Waals surface area contributed by atoms with Crippen molar-refractivity contribution in [3.8, 4) is 11.5 Å². The van der Waals surface area contributed by atoms with Crippen LogP contribution in [0.5, 0.6) is 0 Å². The van der Waals surface area contributed by atoms with Crippen molar-refractivity contribution in [3.63, 3.8) is 0 Å². The first-order valence-corrected chi connectivity index (χ1v) is 7.63. The summed E-state index contributed by atoms with van der Waals surface area (Å²) >= 11 is 3.44. The zero-order valence-electron chi connectivity index (χ0n) is 12.9. The van der Waals surface area contributed by atoms with E-state index >= 15 is 0 Å². The molecular formula is C15H18BrN3O3. The van der Waals surface area contributed by atoms with Gasteiger partial charge in [0, 0.05) is 4.47 Å². The number of halogens is 1. The summed E-state index contributed by atoms with van der Waals surface area (Å²) in [6.07, 6.45) is -0.521. The Balaban J connectivity index is 2.08. The highest BCUT2D eigenvalue weighted by Gasteiger charge is 2.21. The van der Waals surface area contributed by atoms with Crippen LogP contribution in [0.3, 0.4) is 0 Å². The van der Waals surface area contributed by atoms with Crippen molar-refractivity contribution in [1.29, 1.82) is 0 Å². The number of rotatable bonds is 3. The average Bonchev–Trinajstić information content (AvgIpc) is 2.86. The van der Waals surface area contributed by atoms with Gasteiger partial charge in [-0.2, -0.15) is 4.98 Å². The molecule has 0 spiro atoms. The molecule has 2 rings (SSSR count). The van der Waals surface area contributed by atoms with Crippen molar-refractivity contribution in [2.45, 2.75) is 39.3 Å². The van der Waals surface area contributed by atoms with Crippen LogP contribution in [0.15, 0.2) is 33.3 Å². The average molecular weight is 368 g/mol. The van der Waals surface area contributed by atoms with Crippen molar-refractivity contribution in [1.82, 2.24) is 15.5 Å². The molecular weight excluding hydrogens is 350 g/mol. The molecule has 1 amide bonds. The summed E-state index contributed by atoms with van der Waals surface area (Å²) < 4.78 is 11.3. The second kappa shape index (κ2) is 6.48. The SMILES string of the molecule is C[C@H](NC(=O)OC(C)(C)C)c1noc(-c2ccccc2Br)n1. The Kier molecular flexibility index (Phi) is 4.85. The minimum atomic E-state index is -0.554.